The lowest BCUT2D eigenvalue weighted by Gasteiger charge is -2.32. The SMILES string of the molecule is CC(=O)O.CCN1CCCc2cc3c(cc21)Oc1cc2c(cc1=C3c1ccccc1C(=O)O)CCC[N+]=2CC. The molecule has 39 heavy (non-hydrogen) atoms. The zero-order chi connectivity index (χ0) is 27.7. The van der Waals surface area contributed by atoms with Crippen molar-refractivity contribution in [3.05, 3.63) is 86.9 Å². The molecule has 3 heterocycles. The van der Waals surface area contributed by atoms with Gasteiger partial charge in [-0.3, -0.25) is 4.79 Å². The minimum absolute atomic E-state index is 0.321. The van der Waals surface area contributed by atoms with Crippen LogP contribution in [0.5, 0.6) is 11.5 Å². The lowest BCUT2D eigenvalue weighted by molar-refractivity contribution is -0.134. The van der Waals surface area contributed by atoms with Gasteiger partial charge in [-0.05, 0) is 62.4 Å². The van der Waals surface area contributed by atoms with Crippen LogP contribution in [0.15, 0.2) is 48.5 Å². The molecule has 0 radical (unpaired) electrons. The first kappa shape index (κ1) is 26.5. The Labute approximate surface area is 228 Å². The summed E-state index contributed by atoms with van der Waals surface area (Å²) in [7, 11) is 0. The van der Waals surface area contributed by atoms with E-state index in [1.165, 1.54) is 22.2 Å². The van der Waals surface area contributed by atoms with Gasteiger partial charge in [-0.2, -0.15) is 0 Å². The fourth-order valence-electron chi connectivity index (χ4n) is 6.04. The first-order chi connectivity index (χ1) is 18.8. The highest BCUT2D eigenvalue weighted by Gasteiger charge is 2.29. The van der Waals surface area contributed by atoms with E-state index in [1.807, 2.05) is 12.1 Å². The van der Waals surface area contributed by atoms with E-state index in [1.54, 1.807) is 12.1 Å². The summed E-state index contributed by atoms with van der Waals surface area (Å²) in [5.41, 5.74) is 6.88. The molecule has 0 unspecified atom stereocenters. The van der Waals surface area contributed by atoms with Crippen LogP contribution in [0.1, 0.15) is 66.2 Å². The van der Waals surface area contributed by atoms with Crippen molar-refractivity contribution in [1.29, 1.82) is 0 Å². The van der Waals surface area contributed by atoms with Crippen LogP contribution in [0.25, 0.3) is 5.57 Å². The number of ether oxygens (including phenoxy) is 1. The molecule has 7 heteroatoms. The molecule has 0 aliphatic carbocycles. The van der Waals surface area contributed by atoms with E-state index in [2.05, 4.69) is 47.6 Å². The number of carbonyl (C=O) groups is 2. The number of nitrogens with zero attached hydrogens (tertiary/aromatic N) is 2. The van der Waals surface area contributed by atoms with Gasteiger partial charge >= 0.3 is 5.97 Å². The highest BCUT2D eigenvalue weighted by Crippen LogP contribution is 2.42. The van der Waals surface area contributed by atoms with E-state index in [0.717, 1.165) is 92.2 Å². The van der Waals surface area contributed by atoms with E-state index < -0.39 is 11.9 Å². The Balaban J connectivity index is 0.000000723. The molecular weight excluding hydrogens is 492 g/mol. The second-order valence-electron chi connectivity index (χ2n) is 10.2. The Kier molecular flexibility index (Phi) is 7.42. The number of benzene rings is 3. The van der Waals surface area contributed by atoms with Crippen molar-refractivity contribution in [3.63, 3.8) is 0 Å². The van der Waals surface area contributed by atoms with Crippen LogP contribution < -0.4 is 24.8 Å². The normalized spacial score (nSPS) is 15.1. The summed E-state index contributed by atoms with van der Waals surface area (Å²) >= 11 is 0. The molecule has 0 amide bonds. The summed E-state index contributed by atoms with van der Waals surface area (Å²) in [6.45, 7) is 9.49. The Bertz CT molecular complexity index is 1590. The highest BCUT2D eigenvalue weighted by atomic mass is 16.5. The predicted octanol–water partition coefficient (Wildman–Crippen LogP) is 4.06. The number of carboxylic acids is 2. The number of aliphatic carboxylic acids is 1. The maximum absolute atomic E-state index is 12.3. The van der Waals surface area contributed by atoms with Crippen molar-refractivity contribution in [2.75, 3.05) is 31.1 Å². The Hall–Kier alpha value is -4.13. The van der Waals surface area contributed by atoms with E-state index in [9.17, 15) is 9.90 Å². The number of fused-ring (bicyclic) bond motifs is 4. The molecule has 202 valence electrons. The molecule has 0 fully saturated rings. The highest BCUT2D eigenvalue weighted by molar-refractivity contribution is 5.98. The van der Waals surface area contributed by atoms with Crippen LogP contribution in [0.4, 0.5) is 5.69 Å². The Morgan fingerprint density at radius 3 is 2.41 bits per heavy atom. The van der Waals surface area contributed by atoms with E-state index >= 15 is 0 Å². The van der Waals surface area contributed by atoms with E-state index in [4.69, 9.17) is 14.6 Å². The Morgan fingerprint density at radius 2 is 1.69 bits per heavy atom. The first-order valence-electron chi connectivity index (χ1n) is 13.7. The zero-order valence-corrected chi connectivity index (χ0v) is 22.8. The minimum atomic E-state index is -0.909. The van der Waals surface area contributed by atoms with Gasteiger partial charge in [0, 0.05) is 60.1 Å². The maximum atomic E-state index is 12.3. The molecule has 0 aromatic heterocycles. The zero-order valence-electron chi connectivity index (χ0n) is 22.8. The van der Waals surface area contributed by atoms with Gasteiger partial charge in [-0.15, -0.1) is 0 Å². The molecule has 2 N–H and O–H groups in total. The summed E-state index contributed by atoms with van der Waals surface area (Å²) in [6.07, 6.45) is 4.29. The number of hydrogen-bond acceptors (Lipinski definition) is 4. The van der Waals surface area contributed by atoms with Crippen molar-refractivity contribution in [2.24, 2.45) is 0 Å². The largest absolute Gasteiger partial charge is 0.481 e. The molecule has 7 nitrogen and oxygen atoms in total. The van der Waals surface area contributed by atoms with Crippen molar-refractivity contribution >= 4 is 23.2 Å². The van der Waals surface area contributed by atoms with Gasteiger partial charge in [0.05, 0.1) is 11.6 Å². The van der Waals surface area contributed by atoms with Gasteiger partial charge in [0.15, 0.2) is 0 Å². The first-order valence-corrected chi connectivity index (χ1v) is 13.7. The van der Waals surface area contributed by atoms with Crippen LogP contribution in [0, 0.1) is 0 Å². The molecule has 6 rings (SSSR count). The van der Waals surface area contributed by atoms with Gasteiger partial charge in [0.25, 0.3) is 5.97 Å². The van der Waals surface area contributed by atoms with Crippen molar-refractivity contribution < 1.29 is 24.5 Å². The molecule has 0 spiro atoms. The average Bonchev–Trinajstić information content (AvgIpc) is 2.92. The maximum Gasteiger partial charge on any atom is 0.336 e. The number of carboxylic acid groups (broad SMARTS) is 2. The van der Waals surface area contributed by atoms with Crippen molar-refractivity contribution in [3.8, 4) is 11.5 Å². The Morgan fingerprint density at radius 1 is 0.949 bits per heavy atom. The fraction of sp³-hybridized carbons (Fsp3) is 0.344. The third-order valence-electron chi connectivity index (χ3n) is 7.74. The lowest BCUT2D eigenvalue weighted by Crippen LogP contribution is -2.39. The summed E-state index contributed by atoms with van der Waals surface area (Å²) in [6, 6.07) is 16.2. The summed E-state index contributed by atoms with van der Waals surface area (Å²) < 4.78 is 9.04. The molecule has 0 atom stereocenters. The van der Waals surface area contributed by atoms with Crippen LogP contribution in [-0.2, 0) is 17.6 Å². The fourth-order valence-corrected chi connectivity index (χ4v) is 6.04. The number of aromatic carboxylic acids is 1. The molecule has 3 aliphatic heterocycles. The summed E-state index contributed by atoms with van der Waals surface area (Å²) in [5, 5.41) is 19.7. The number of rotatable bonds is 4. The number of anilines is 1. The summed E-state index contributed by atoms with van der Waals surface area (Å²) in [4.78, 5) is 23.7. The molecule has 0 saturated heterocycles. The van der Waals surface area contributed by atoms with E-state index in [-0.39, 0.29) is 0 Å². The van der Waals surface area contributed by atoms with Crippen LogP contribution >= 0.6 is 0 Å². The molecule has 0 bridgehead atoms. The second-order valence-corrected chi connectivity index (χ2v) is 10.2. The lowest BCUT2D eigenvalue weighted by atomic mass is 9.86. The van der Waals surface area contributed by atoms with Crippen LogP contribution in [0.3, 0.4) is 0 Å². The van der Waals surface area contributed by atoms with Crippen LogP contribution in [0.2, 0.25) is 0 Å². The average molecular weight is 528 g/mol. The van der Waals surface area contributed by atoms with Crippen molar-refractivity contribution in [1.82, 2.24) is 4.58 Å². The molecule has 3 aromatic carbocycles. The van der Waals surface area contributed by atoms with E-state index in [0.29, 0.717) is 5.56 Å². The third-order valence-corrected chi connectivity index (χ3v) is 7.74. The predicted molar refractivity (Wildman–Crippen MR) is 152 cm³/mol. The monoisotopic (exact) mass is 527 g/mol. The number of hydrogen-bond donors (Lipinski definition) is 2. The molecular formula is C32H35N2O5+. The second kappa shape index (κ2) is 10.9. The summed E-state index contributed by atoms with van der Waals surface area (Å²) in [5.74, 6) is -0.121. The molecule has 0 saturated carbocycles. The van der Waals surface area contributed by atoms with Gasteiger partial charge < -0.3 is 19.8 Å². The van der Waals surface area contributed by atoms with Gasteiger partial charge in [0.1, 0.15) is 24.6 Å². The minimum Gasteiger partial charge on any atom is -0.481 e. The standard InChI is InChI=1S/C30H30N2O3.C2H4O2/c1-3-31-13-7-9-19-15-23-27(17-25(19)31)35-28-18-26-20(10-8-14-32(26)4-2)16-24(28)29(23)21-11-5-6-12-22(21)30(33)34;1-2(3)4/h5-6,11-12,15-18H,3-4,7-10,13-14H2,1-2H3;1H3,(H,3,4)/p+1. The van der Waals surface area contributed by atoms with Gasteiger partial charge in [0.2, 0.25) is 5.36 Å². The van der Waals surface area contributed by atoms with Crippen LogP contribution in [-0.4, -0.2) is 48.3 Å². The molecule has 3 aliphatic rings. The topological polar surface area (TPSA) is 90.1 Å². The smallest absolute Gasteiger partial charge is 0.336 e. The quantitative estimate of drug-likeness (QED) is 0.389. The van der Waals surface area contributed by atoms with Gasteiger partial charge in [-0.1, -0.05) is 18.2 Å². The third kappa shape index (κ3) is 5.01. The van der Waals surface area contributed by atoms with Crippen molar-refractivity contribution in [2.45, 2.75) is 46.5 Å². The number of aryl methyl sites for hydroxylation is 2. The van der Waals surface area contributed by atoms with Gasteiger partial charge in [-0.25, -0.2) is 9.37 Å². The molecule has 3 aromatic rings.